The largest absolute Gasteiger partial charge is 0.309 e. The summed E-state index contributed by atoms with van der Waals surface area (Å²) in [6, 6.07) is 13.9. The number of hydrogen-bond acceptors (Lipinski definition) is 3. The molecule has 0 bridgehead atoms. The molecule has 3 aromatic rings. The Balaban J connectivity index is 2.11. The van der Waals surface area contributed by atoms with Gasteiger partial charge in [0.15, 0.2) is 7.14 Å². The third kappa shape index (κ3) is 1.55. The van der Waals surface area contributed by atoms with E-state index in [1.807, 2.05) is 47.8 Å². The molecule has 4 rings (SSSR count). The molecule has 1 aromatic carbocycles. The molecule has 5 heteroatoms. The summed E-state index contributed by atoms with van der Waals surface area (Å²) in [5.74, 6) is 0. The van der Waals surface area contributed by atoms with Crippen LogP contribution >= 0.6 is 45.7 Å². The molecule has 1 nitrogen and oxygen atoms in total. The predicted molar refractivity (Wildman–Crippen MR) is 88.3 cm³/mol. The highest BCUT2D eigenvalue weighted by Gasteiger charge is 2.42. The van der Waals surface area contributed by atoms with Gasteiger partial charge < -0.3 is 4.57 Å². The van der Waals surface area contributed by atoms with Gasteiger partial charge in [0.05, 0.1) is 13.5 Å². The van der Waals surface area contributed by atoms with E-state index in [1.165, 1.54) is 9.75 Å². The van der Waals surface area contributed by atoms with E-state index in [4.69, 9.17) is 0 Å². The highest BCUT2D eigenvalue weighted by molar-refractivity contribution is 9.11. The molecule has 2 aromatic heterocycles. The minimum Gasteiger partial charge on any atom is -0.309 e. The maximum Gasteiger partial charge on any atom is 0.174 e. The maximum absolute atomic E-state index is 13.7. The molecule has 19 heavy (non-hydrogen) atoms. The second-order valence-corrected chi connectivity index (χ2v) is 10.4. The van der Waals surface area contributed by atoms with Crippen molar-refractivity contribution in [2.75, 3.05) is 0 Å². The summed E-state index contributed by atoms with van der Waals surface area (Å²) in [6.45, 7) is 0. The van der Waals surface area contributed by atoms with E-state index in [2.05, 4.69) is 15.9 Å². The molecule has 0 saturated heterocycles. The summed E-state index contributed by atoms with van der Waals surface area (Å²) in [7, 11) is -2.64. The summed E-state index contributed by atoms with van der Waals surface area (Å²) in [4.78, 5) is 2.35. The van der Waals surface area contributed by atoms with E-state index in [-0.39, 0.29) is 0 Å². The summed E-state index contributed by atoms with van der Waals surface area (Å²) < 4.78 is 14.8. The fourth-order valence-electron chi connectivity index (χ4n) is 2.52. The van der Waals surface area contributed by atoms with Crippen LogP contribution in [0.3, 0.4) is 0 Å². The molecule has 3 heterocycles. The Bertz CT molecular complexity index is 819. The van der Waals surface area contributed by atoms with Crippen molar-refractivity contribution in [3.63, 3.8) is 0 Å². The Kier molecular flexibility index (Phi) is 2.65. The topological polar surface area (TPSA) is 17.1 Å². The monoisotopic (exact) mass is 366 g/mol. The van der Waals surface area contributed by atoms with Crippen LogP contribution < -0.4 is 15.9 Å². The number of thiophene rings is 2. The zero-order chi connectivity index (χ0) is 13.0. The van der Waals surface area contributed by atoms with Gasteiger partial charge in [-0.3, -0.25) is 0 Å². The van der Waals surface area contributed by atoms with Crippen molar-refractivity contribution in [2.45, 2.75) is 0 Å². The van der Waals surface area contributed by atoms with Gasteiger partial charge >= 0.3 is 0 Å². The van der Waals surface area contributed by atoms with E-state index in [1.54, 1.807) is 22.7 Å². The van der Waals surface area contributed by atoms with Crippen molar-refractivity contribution in [3.05, 3.63) is 51.6 Å². The van der Waals surface area contributed by atoms with E-state index in [0.717, 1.165) is 19.7 Å². The first kappa shape index (κ1) is 12.1. The lowest BCUT2D eigenvalue weighted by molar-refractivity contribution is 0.593. The lowest BCUT2D eigenvalue weighted by atomic mass is 10.4. The minimum absolute atomic E-state index is 0.929. The van der Waals surface area contributed by atoms with E-state index in [9.17, 15) is 4.57 Å². The molecule has 0 spiro atoms. The molecular weight excluding hydrogens is 359 g/mol. The third-order valence-electron chi connectivity index (χ3n) is 3.33. The van der Waals surface area contributed by atoms with Crippen LogP contribution in [-0.2, 0) is 4.57 Å². The van der Waals surface area contributed by atoms with Gasteiger partial charge in [0.25, 0.3) is 0 Å². The first-order valence-corrected chi connectivity index (χ1v) is 9.95. The van der Waals surface area contributed by atoms with E-state index in [0.29, 0.717) is 0 Å². The van der Waals surface area contributed by atoms with Crippen molar-refractivity contribution in [1.29, 1.82) is 0 Å². The van der Waals surface area contributed by atoms with Gasteiger partial charge in [-0.25, -0.2) is 0 Å². The zero-order valence-corrected chi connectivity index (χ0v) is 13.8. The van der Waals surface area contributed by atoms with Crippen molar-refractivity contribution in [1.82, 2.24) is 0 Å². The van der Waals surface area contributed by atoms with Crippen molar-refractivity contribution in [2.24, 2.45) is 0 Å². The van der Waals surface area contributed by atoms with Crippen LogP contribution in [0, 0.1) is 0 Å². The highest BCUT2D eigenvalue weighted by Crippen LogP contribution is 2.56. The molecule has 0 aliphatic carbocycles. The lowest BCUT2D eigenvalue weighted by Crippen LogP contribution is -2.19. The maximum atomic E-state index is 13.7. The molecule has 1 atom stereocenters. The Morgan fingerprint density at radius 1 is 1.00 bits per heavy atom. The molecular formula is C14H8BrOPS2. The summed E-state index contributed by atoms with van der Waals surface area (Å²) >= 11 is 6.88. The zero-order valence-electron chi connectivity index (χ0n) is 9.67. The molecule has 0 saturated carbocycles. The molecule has 0 radical (unpaired) electrons. The van der Waals surface area contributed by atoms with Gasteiger partial charge in [0.2, 0.25) is 0 Å². The van der Waals surface area contributed by atoms with Crippen molar-refractivity contribution in [3.8, 4) is 9.75 Å². The number of fused-ring (bicyclic) bond motifs is 3. The highest BCUT2D eigenvalue weighted by atomic mass is 79.9. The molecule has 94 valence electrons. The smallest absolute Gasteiger partial charge is 0.174 e. The third-order valence-corrected chi connectivity index (χ3v) is 9.46. The van der Waals surface area contributed by atoms with Gasteiger partial charge in [-0.05, 0) is 33.4 Å². The van der Waals surface area contributed by atoms with Crippen LogP contribution in [0.25, 0.3) is 9.75 Å². The average molecular weight is 367 g/mol. The number of halogens is 1. The SMILES string of the molecule is O=[P@]1(c2ccccc2)c2ccsc2-c2sc(Br)cc21. The molecule has 1 aliphatic heterocycles. The quantitative estimate of drug-likeness (QED) is 0.461. The van der Waals surface area contributed by atoms with Crippen LogP contribution in [-0.4, -0.2) is 0 Å². The van der Waals surface area contributed by atoms with Crippen LogP contribution in [0.5, 0.6) is 0 Å². The van der Waals surface area contributed by atoms with Gasteiger partial charge in [-0.1, -0.05) is 30.3 Å². The Morgan fingerprint density at radius 2 is 1.79 bits per heavy atom. The Morgan fingerprint density at radius 3 is 2.58 bits per heavy atom. The van der Waals surface area contributed by atoms with E-state index < -0.39 is 7.14 Å². The van der Waals surface area contributed by atoms with Crippen molar-refractivity contribution >= 4 is 61.7 Å². The molecule has 1 aliphatic rings. The second kappa shape index (κ2) is 4.16. The summed E-state index contributed by atoms with van der Waals surface area (Å²) in [5.41, 5.74) is 0. The van der Waals surface area contributed by atoms with E-state index >= 15 is 0 Å². The average Bonchev–Trinajstić information content (AvgIpc) is 3.08. The van der Waals surface area contributed by atoms with Gasteiger partial charge in [0.1, 0.15) is 0 Å². The molecule has 0 N–H and O–H groups in total. The second-order valence-electron chi connectivity index (χ2n) is 4.34. The fraction of sp³-hybridized carbons (Fsp3) is 0. The van der Waals surface area contributed by atoms with Crippen LogP contribution in [0.15, 0.2) is 51.6 Å². The van der Waals surface area contributed by atoms with Crippen LogP contribution in [0.4, 0.5) is 0 Å². The van der Waals surface area contributed by atoms with Crippen LogP contribution in [0.2, 0.25) is 0 Å². The molecule has 0 amide bonds. The summed E-state index contributed by atoms with van der Waals surface area (Å²) in [6.07, 6.45) is 0. The van der Waals surface area contributed by atoms with Crippen molar-refractivity contribution < 1.29 is 4.57 Å². The fourth-order valence-corrected chi connectivity index (χ4v) is 9.36. The molecule has 0 unspecified atom stereocenters. The first-order chi connectivity index (χ1) is 9.21. The summed E-state index contributed by atoms with van der Waals surface area (Å²) in [5, 5.41) is 4.98. The van der Waals surface area contributed by atoms with Gasteiger partial charge in [-0.15, -0.1) is 22.7 Å². The first-order valence-electron chi connectivity index (χ1n) is 5.75. The number of hydrogen-bond donors (Lipinski definition) is 0. The lowest BCUT2D eigenvalue weighted by Gasteiger charge is -2.13. The minimum atomic E-state index is -2.64. The number of benzene rings is 1. The standard InChI is InChI=1S/C14H8BrOPS2/c15-12-8-11-14(19-12)13-10(6-7-18-13)17(11,16)9-4-2-1-3-5-9/h1-8H/t17-/m1/s1. The predicted octanol–water partition coefficient (Wildman–Crippen LogP) is 4.19. The normalized spacial score (nSPS) is 20.3. The Labute approximate surface area is 127 Å². The van der Waals surface area contributed by atoms with Gasteiger partial charge in [-0.2, -0.15) is 0 Å². The number of rotatable bonds is 1. The van der Waals surface area contributed by atoms with Crippen LogP contribution in [0.1, 0.15) is 0 Å². The Hall–Kier alpha value is -0.670. The van der Waals surface area contributed by atoms with Gasteiger partial charge in [0, 0.05) is 15.9 Å². The molecule has 0 fully saturated rings.